The Balaban J connectivity index is 2.83. The normalized spacial score (nSPS) is 28.3. The van der Waals surface area contributed by atoms with Crippen LogP contribution in [0.4, 0.5) is 48.3 Å². The van der Waals surface area contributed by atoms with Crippen molar-refractivity contribution in [3.8, 4) is 0 Å². The molecule has 1 nitrogen and oxygen atoms in total. The van der Waals surface area contributed by atoms with Gasteiger partial charge in [-0.15, -0.1) is 0 Å². The molecule has 0 saturated heterocycles. The molecule has 13 heteroatoms. The lowest BCUT2D eigenvalue weighted by Gasteiger charge is -2.53. The number of benzene rings is 1. The van der Waals surface area contributed by atoms with Crippen molar-refractivity contribution in [3.63, 3.8) is 0 Å². The molecule has 1 atom stereocenters. The Morgan fingerprint density at radius 3 is 1.46 bits per heavy atom. The topological polar surface area (TPSA) is 20.2 Å². The van der Waals surface area contributed by atoms with Crippen LogP contribution in [-0.2, 0) is 0 Å². The van der Waals surface area contributed by atoms with E-state index in [0.29, 0.717) is 12.1 Å². The van der Waals surface area contributed by atoms with Crippen LogP contribution in [0.15, 0.2) is 28.7 Å². The third kappa shape index (κ3) is 2.06. The fraction of sp³-hybridized carbons (Fsp3) is 0.538. The summed E-state index contributed by atoms with van der Waals surface area (Å²) in [7, 11) is 0. The van der Waals surface area contributed by atoms with E-state index in [-0.39, 0.29) is 4.47 Å². The van der Waals surface area contributed by atoms with E-state index in [9.17, 15) is 53.4 Å². The lowest BCUT2D eigenvalue weighted by Crippen LogP contribution is -2.84. The maximum absolute atomic E-state index is 14.6. The molecule has 0 amide bonds. The lowest BCUT2D eigenvalue weighted by atomic mass is 9.68. The molecule has 0 spiro atoms. The molecule has 1 fully saturated rings. The molecule has 1 aromatic rings. The van der Waals surface area contributed by atoms with Crippen LogP contribution in [0, 0.1) is 0 Å². The molecule has 0 aliphatic heterocycles. The number of rotatable bonds is 2. The van der Waals surface area contributed by atoms with Crippen LogP contribution in [0.5, 0.6) is 0 Å². The molecular formula is C13H6BrF11O. The van der Waals surface area contributed by atoms with Gasteiger partial charge in [-0.1, -0.05) is 28.1 Å². The lowest BCUT2D eigenvalue weighted by molar-refractivity contribution is -0.494. The van der Waals surface area contributed by atoms with E-state index in [1.54, 1.807) is 0 Å². The minimum absolute atomic E-state index is 0.163. The third-order valence-corrected chi connectivity index (χ3v) is 4.53. The van der Waals surface area contributed by atoms with E-state index < -0.39 is 46.9 Å². The highest BCUT2D eigenvalue weighted by atomic mass is 79.9. The van der Waals surface area contributed by atoms with E-state index in [0.717, 1.165) is 12.1 Å². The molecule has 1 unspecified atom stereocenters. The number of hydrogen-bond donors (Lipinski definition) is 1. The van der Waals surface area contributed by atoms with Crippen molar-refractivity contribution in [2.75, 3.05) is 0 Å². The van der Waals surface area contributed by atoms with Crippen LogP contribution < -0.4 is 0 Å². The Morgan fingerprint density at radius 1 is 0.692 bits per heavy atom. The van der Waals surface area contributed by atoms with Crippen LogP contribution in [-0.4, -0.2) is 40.4 Å². The van der Waals surface area contributed by atoms with Crippen molar-refractivity contribution in [2.24, 2.45) is 0 Å². The largest absolute Gasteiger partial charge is 0.385 e. The Labute approximate surface area is 145 Å². The summed E-state index contributed by atoms with van der Waals surface area (Å²) in [5.41, 5.74) is -7.71. The van der Waals surface area contributed by atoms with Crippen LogP contribution in [0.3, 0.4) is 0 Å². The Kier molecular flexibility index (Phi) is 4.45. The molecule has 1 N–H and O–H groups in total. The van der Waals surface area contributed by atoms with E-state index >= 15 is 0 Å². The van der Waals surface area contributed by atoms with Crippen molar-refractivity contribution in [2.45, 2.75) is 41.4 Å². The molecule has 0 bridgehead atoms. The van der Waals surface area contributed by atoms with Crippen LogP contribution in [0.2, 0.25) is 0 Å². The highest BCUT2D eigenvalue weighted by Gasteiger charge is 3.02. The van der Waals surface area contributed by atoms with Gasteiger partial charge in [-0.25, -0.2) is 4.39 Å². The second-order valence-corrected chi connectivity index (χ2v) is 6.46. The predicted molar refractivity (Wildman–Crippen MR) is 67.7 cm³/mol. The summed E-state index contributed by atoms with van der Waals surface area (Å²) >= 11 is 2.67. The Bertz CT molecular complexity index is 688. The average Bonchev–Trinajstić information content (AvgIpc) is 2.51. The van der Waals surface area contributed by atoms with Gasteiger partial charge in [0, 0.05) is 4.47 Å². The van der Waals surface area contributed by atoms with Crippen molar-refractivity contribution < 1.29 is 53.4 Å². The Morgan fingerprint density at radius 2 is 1.08 bits per heavy atom. The fourth-order valence-electron chi connectivity index (χ4n) is 2.50. The summed E-state index contributed by atoms with van der Waals surface area (Å²) in [6.45, 7) is 0. The monoisotopic (exact) mass is 466 g/mol. The van der Waals surface area contributed by atoms with Gasteiger partial charge in [0.2, 0.25) is 0 Å². The zero-order valence-corrected chi connectivity index (χ0v) is 13.5. The first kappa shape index (κ1) is 21.2. The van der Waals surface area contributed by atoms with Gasteiger partial charge in [-0.3, -0.25) is 0 Å². The molecule has 2 rings (SSSR count). The van der Waals surface area contributed by atoms with E-state index in [4.69, 9.17) is 0 Å². The molecule has 1 aromatic carbocycles. The molecule has 148 valence electrons. The minimum atomic E-state index is -7.31. The molecule has 0 radical (unpaired) electrons. The zero-order valence-electron chi connectivity index (χ0n) is 11.9. The summed E-state index contributed by atoms with van der Waals surface area (Å²) in [4.78, 5) is 0. The molecule has 26 heavy (non-hydrogen) atoms. The van der Waals surface area contributed by atoms with Crippen molar-refractivity contribution in [1.82, 2.24) is 0 Å². The number of alkyl halides is 11. The predicted octanol–water partition coefficient (Wildman–Crippen LogP) is 5.38. The highest BCUT2D eigenvalue weighted by Crippen LogP contribution is 2.71. The molecule has 0 heterocycles. The smallest absolute Gasteiger partial charge is 0.384 e. The fourth-order valence-corrected chi connectivity index (χ4v) is 2.91. The van der Waals surface area contributed by atoms with Gasteiger partial charge in [0.1, 0.15) is 6.10 Å². The SMILES string of the molecule is OC(c1cccc(Br)c1)C1(F)C(F)(F)C(F)(F)C(F)(F)C(F)(F)C1(F)F. The first-order valence-electron chi connectivity index (χ1n) is 6.42. The number of aliphatic hydroxyl groups excluding tert-OH is 1. The average molecular weight is 467 g/mol. The van der Waals surface area contributed by atoms with Gasteiger partial charge in [0.15, 0.2) is 0 Å². The van der Waals surface area contributed by atoms with E-state index in [2.05, 4.69) is 15.9 Å². The quantitative estimate of drug-likeness (QED) is 0.580. The van der Waals surface area contributed by atoms with Gasteiger partial charge < -0.3 is 5.11 Å². The van der Waals surface area contributed by atoms with Gasteiger partial charge in [0.25, 0.3) is 5.67 Å². The van der Waals surface area contributed by atoms with Crippen LogP contribution in [0.25, 0.3) is 0 Å². The molecule has 0 aromatic heterocycles. The maximum atomic E-state index is 14.6. The summed E-state index contributed by atoms with van der Waals surface area (Å²) < 4.78 is 149. The molecule has 1 aliphatic carbocycles. The first-order chi connectivity index (χ1) is 11.4. The number of hydrogen-bond acceptors (Lipinski definition) is 1. The summed E-state index contributed by atoms with van der Waals surface area (Å²) in [6.07, 6.45) is -4.00. The molecule has 1 aliphatic rings. The van der Waals surface area contributed by atoms with Crippen LogP contribution >= 0.6 is 15.9 Å². The zero-order chi connectivity index (χ0) is 20.6. The number of aliphatic hydroxyl groups is 1. The molecular weight excluding hydrogens is 461 g/mol. The maximum Gasteiger partial charge on any atom is 0.384 e. The second-order valence-electron chi connectivity index (χ2n) is 5.54. The van der Waals surface area contributed by atoms with Gasteiger partial charge in [-0.05, 0) is 17.7 Å². The molecule has 1 saturated carbocycles. The van der Waals surface area contributed by atoms with Crippen molar-refractivity contribution >= 4 is 15.9 Å². The highest BCUT2D eigenvalue weighted by molar-refractivity contribution is 9.10. The van der Waals surface area contributed by atoms with Gasteiger partial charge >= 0.3 is 29.6 Å². The van der Waals surface area contributed by atoms with E-state index in [1.165, 1.54) is 0 Å². The summed E-state index contributed by atoms with van der Waals surface area (Å²) in [5, 5.41) is 9.57. The third-order valence-electron chi connectivity index (χ3n) is 4.03. The summed E-state index contributed by atoms with van der Waals surface area (Å²) in [5.74, 6) is -35.9. The van der Waals surface area contributed by atoms with Crippen molar-refractivity contribution in [1.29, 1.82) is 0 Å². The number of halogens is 12. The second kappa shape index (κ2) is 5.46. The summed E-state index contributed by atoms with van der Waals surface area (Å²) in [6, 6.07) is 2.92. The van der Waals surface area contributed by atoms with Gasteiger partial charge in [-0.2, -0.15) is 43.9 Å². The van der Waals surface area contributed by atoms with Crippen LogP contribution in [0.1, 0.15) is 11.7 Å². The Hall–Kier alpha value is -1.11. The minimum Gasteiger partial charge on any atom is -0.385 e. The van der Waals surface area contributed by atoms with Gasteiger partial charge in [0.05, 0.1) is 0 Å². The van der Waals surface area contributed by atoms with E-state index in [1.807, 2.05) is 0 Å². The van der Waals surface area contributed by atoms with Crippen molar-refractivity contribution in [3.05, 3.63) is 34.3 Å². The standard InChI is InChI=1S/C13H6BrF11O/c14-6-3-1-2-5(4-6)7(26)8(15)9(16,17)11(20,21)13(24,25)12(22,23)10(8,18)19/h1-4,7,26H. The first-order valence-corrected chi connectivity index (χ1v) is 7.22.